The average Bonchev–Trinajstić information content (AvgIpc) is 2.99. The molecule has 0 radical (unpaired) electrons. The van der Waals surface area contributed by atoms with E-state index < -0.39 is 0 Å². The predicted molar refractivity (Wildman–Crippen MR) is 343 cm³/mol. The highest BCUT2D eigenvalue weighted by molar-refractivity contribution is 7.00. The van der Waals surface area contributed by atoms with Crippen molar-refractivity contribution in [2.45, 2.75) is 45.4 Å². The molecular weight excluding hydrogens is 978 g/mol. The van der Waals surface area contributed by atoms with Gasteiger partial charge in [0.1, 0.15) is 0 Å². The molecule has 0 N–H and O–H groups in total. The maximum absolute atomic E-state index is 2.63. The smallest absolute Gasteiger partial charge is 0.252 e. The van der Waals surface area contributed by atoms with E-state index in [1.54, 1.807) is 0 Å². The molecule has 0 spiro atoms. The molecule has 0 atom stereocenters. The number of hydrogen-bond acceptors (Lipinski definition) is 3. The van der Waals surface area contributed by atoms with Crippen LogP contribution in [0.3, 0.4) is 0 Å². The average molecular weight is 1040 g/mol. The monoisotopic (exact) mass is 1040 g/mol. The van der Waals surface area contributed by atoms with Crippen LogP contribution in [0.25, 0.3) is 55.3 Å². The van der Waals surface area contributed by atoms with Crippen LogP contribution in [-0.4, -0.2) is 6.71 Å². The Kier molecular flexibility index (Phi) is 10.3. The number of benzene rings is 12. The Balaban J connectivity index is 0.978. The Bertz CT molecular complexity index is 4540. The van der Waals surface area contributed by atoms with E-state index in [0.717, 1.165) is 28.4 Å². The van der Waals surface area contributed by atoms with Crippen LogP contribution in [0.5, 0.6) is 0 Å². The summed E-state index contributed by atoms with van der Waals surface area (Å²) >= 11 is 0. The number of para-hydroxylation sites is 1. The third-order valence-corrected chi connectivity index (χ3v) is 18.4. The maximum Gasteiger partial charge on any atom is 0.252 e. The molecule has 3 nitrogen and oxygen atoms in total. The summed E-state index contributed by atoms with van der Waals surface area (Å²) in [6, 6.07) is 98.2. The van der Waals surface area contributed by atoms with E-state index in [1.807, 2.05) is 0 Å². The molecule has 2 heterocycles. The first kappa shape index (κ1) is 47.4. The number of nitrogens with zero attached hydrogens (tertiary/aromatic N) is 3. The van der Waals surface area contributed by atoms with E-state index in [0.29, 0.717) is 0 Å². The van der Waals surface area contributed by atoms with Gasteiger partial charge in [-0.2, -0.15) is 0 Å². The molecule has 4 aliphatic rings. The Morgan fingerprint density at radius 1 is 0.358 bits per heavy atom. The van der Waals surface area contributed by atoms with E-state index in [1.165, 1.54) is 122 Å². The molecule has 2 aliphatic carbocycles. The molecule has 16 rings (SSSR count). The van der Waals surface area contributed by atoms with Gasteiger partial charge in [-0.25, -0.2) is 0 Å². The largest absolute Gasteiger partial charge is 0.311 e. The summed E-state index contributed by atoms with van der Waals surface area (Å²) in [6.07, 6.45) is 0. The first-order valence-electron chi connectivity index (χ1n) is 28.6. The first-order chi connectivity index (χ1) is 39.6. The molecule has 0 amide bonds. The van der Waals surface area contributed by atoms with Crippen molar-refractivity contribution in [3.8, 4) is 44.5 Å². The van der Waals surface area contributed by atoms with Crippen LogP contribution in [0.1, 0.15) is 55.5 Å². The van der Waals surface area contributed by atoms with Gasteiger partial charge in [-0.3, -0.25) is 0 Å². The molecule has 2 aliphatic heterocycles. The highest BCUT2D eigenvalue weighted by Gasteiger charge is 2.47. The highest BCUT2D eigenvalue weighted by Crippen LogP contribution is 2.55. The summed E-state index contributed by atoms with van der Waals surface area (Å²) in [7, 11) is 0. The van der Waals surface area contributed by atoms with E-state index >= 15 is 0 Å². The topological polar surface area (TPSA) is 9.72 Å². The van der Waals surface area contributed by atoms with Crippen molar-refractivity contribution >= 4 is 85.1 Å². The van der Waals surface area contributed by atoms with Crippen LogP contribution in [-0.2, 0) is 10.8 Å². The first-order valence-corrected chi connectivity index (χ1v) is 28.6. The third kappa shape index (κ3) is 7.03. The minimum Gasteiger partial charge on any atom is -0.311 e. The van der Waals surface area contributed by atoms with E-state index in [2.05, 4.69) is 310 Å². The molecule has 0 bridgehead atoms. The zero-order valence-electron chi connectivity index (χ0n) is 46.2. The number of hydrogen-bond donors (Lipinski definition) is 0. The van der Waals surface area contributed by atoms with Crippen LogP contribution < -0.4 is 31.1 Å². The van der Waals surface area contributed by atoms with Crippen molar-refractivity contribution < 1.29 is 0 Å². The Hall–Kier alpha value is -9.64. The minimum absolute atomic E-state index is 0.0900. The maximum atomic E-state index is 2.63. The summed E-state index contributed by atoms with van der Waals surface area (Å²) in [5.74, 6) is 0. The molecule has 384 valence electrons. The van der Waals surface area contributed by atoms with Crippen LogP contribution in [0.2, 0.25) is 0 Å². The second-order valence-corrected chi connectivity index (χ2v) is 23.7. The highest BCUT2D eigenvalue weighted by atomic mass is 15.2. The quantitative estimate of drug-likeness (QED) is 0.147. The number of fused-ring (bicyclic) bond motifs is 11. The molecule has 0 unspecified atom stereocenters. The molecular formula is C77H58BN3. The lowest BCUT2D eigenvalue weighted by molar-refractivity contribution is 0.660. The number of aryl methyl sites for hydroxylation is 1. The van der Waals surface area contributed by atoms with Crippen LogP contribution in [0, 0.1) is 6.92 Å². The minimum atomic E-state index is -0.198. The number of anilines is 9. The molecule has 0 fully saturated rings. The summed E-state index contributed by atoms with van der Waals surface area (Å²) in [4.78, 5) is 7.70. The van der Waals surface area contributed by atoms with E-state index in [-0.39, 0.29) is 17.5 Å². The third-order valence-electron chi connectivity index (χ3n) is 18.4. The summed E-state index contributed by atoms with van der Waals surface area (Å²) < 4.78 is 0. The van der Waals surface area contributed by atoms with Crippen molar-refractivity contribution in [3.63, 3.8) is 0 Å². The Morgan fingerprint density at radius 2 is 0.901 bits per heavy atom. The van der Waals surface area contributed by atoms with E-state index in [9.17, 15) is 0 Å². The molecule has 0 aromatic heterocycles. The zero-order chi connectivity index (χ0) is 54.3. The lowest BCUT2D eigenvalue weighted by Gasteiger charge is -2.45. The van der Waals surface area contributed by atoms with Gasteiger partial charge in [0.05, 0.1) is 5.69 Å². The second kappa shape index (κ2) is 17.7. The lowest BCUT2D eigenvalue weighted by Crippen LogP contribution is -2.61. The summed E-state index contributed by atoms with van der Waals surface area (Å²) in [6.45, 7) is 11.8. The van der Waals surface area contributed by atoms with Gasteiger partial charge in [0.25, 0.3) is 6.71 Å². The fourth-order valence-electron chi connectivity index (χ4n) is 14.6. The normalized spacial score (nSPS) is 14.4. The molecule has 0 saturated heterocycles. The van der Waals surface area contributed by atoms with E-state index in [4.69, 9.17) is 0 Å². The predicted octanol–water partition coefficient (Wildman–Crippen LogP) is 18.6. The van der Waals surface area contributed by atoms with Gasteiger partial charge in [0.2, 0.25) is 0 Å². The summed E-state index contributed by atoms with van der Waals surface area (Å²) in [5.41, 5.74) is 30.7. The van der Waals surface area contributed by atoms with Gasteiger partial charge in [-0.05, 0) is 174 Å². The van der Waals surface area contributed by atoms with Gasteiger partial charge in [0.15, 0.2) is 0 Å². The van der Waals surface area contributed by atoms with Crippen LogP contribution >= 0.6 is 0 Å². The standard InChI is InChI=1S/C77H58BN3/c1-49-43-72-75-73(44-49)81(56-38-40-61-59-29-17-19-31-63(59)76(2,3)65(61)45-56)71-48-66-62(60-30-18-20-32-64(60)77(66,4)5)47-68(71)78(75)67-41-39-57(46-70(67)80(72)55-36-33-51(34-37-55)50-21-9-6-10-22-50)79(54-26-13-8-14-27-54)69-42-35-52-23-15-16-28-58(52)74(69)53-24-11-7-12-25-53/h6-48H,1-5H3. The van der Waals surface area contributed by atoms with Crippen molar-refractivity contribution in [2.24, 2.45) is 0 Å². The molecule has 12 aromatic rings. The van der Waals surface area contributed by atoms with Gasteiger partial charge in [0, 0.05) is 61.9 Å². The molecule has 4 heteroatoms. The lowest BCUT2D eigenvalue weighted by atomic mass is 9.33. The van der Waals surface area contributed by atoms with Crippen LogP contribution in [0.4, 0.5) is 51.2 Å². The second-order valence-electron chi connectivity index (χ2n) is 23.7. The Labute approximate surface area is 475 Å². The van der Waals surface area contributed by atoms with Crippen LogP contribution in [0.15, 0.2) is 261 Å². The fraction of sp³-hybridized carbons (Fsp3) is 0.0909. The fourth-order valence-corrected chi connectivity index (χ4v) is 14.6. The van der Waals surface area contributed by atoms with Gasteiger partial charge in [-0.1, -0.05) is 216 Å². The summed E-state index contributed by atoms with van der Waals surface area (Å²) in [5, 5.41) is 2.43. The molecule has 81 heavy (non-hydrogen) atoms. The molecule has 12 aromatic carbocycles. The van der Waals surface area contributed by atoms with Crippen molar-refractivity contribution in [3.05, 3.63) is 289 Å². The Morgan fingerprint density at radius 3 is 1.60 bits per heavy atom. The SMILES string of the molecule is Cc1cc2c3c(c1)N(c1ccc4c(c1)C(C)(C)c1ccccc1-4)c1cc4c(cc1B3c1ccc(N(c3ccccc3)c3ccc5ccccc5c3-c3ccccc3)cc1N2c1ccc(-c2ccccc2)cc1)-c1ccccc1C4(C)C. The van der Waals surface area contributed by atoms with Gasteiger partial charge < -0.3 is 14.7 Å². The number of rotatable bonds is 7. The van der Waals surface area contributed by atoms with Crippen molar-refractivity contribution in [1.29, 1.82) is 0 Å². The van der Waals surface area contributed by atoms with Gasteiger partial charge in [-0.15, -0.1) is 0 Å². The van der Waals surface area contributed by atoms with Crippen molar-refractivity contribution in [2.75, 3.05) is 14.7 Å². The van der Waals surface area contributed by atoms with Crippen molar-refractivity contribution in [1.82, 2.24) is 0 Å². The zero-order valence-corrected chi connectivity index (χ0v) is 46.2. The molecule has 0 saturated carbocycles. The van der Waals surface area contributed by atoms with Gasteiger partial charge >= 0.3 is 0 Å².